The minimum absolute atomic E-state index is 0.0972. The molecule has 60 valence electrons. The van der Waals surface area contributed by atoms with Crippen LogP contribution in [-0.4, -0.2) is 6.18 Å². The van der Waals surface area contributed by atoms with Gasteiger partial charge in [0.25, 0.3) is 0 Å². The Morgan fingerprint density at radius 1 is 1.27 bits per heavy atom. The summed E-state index contributed by atoms with van der Waals surface area (Å²) in [5, 5.41) is 0. The largest absolute Gasteiger partial charge is 0.399 e. The molecule has 1 rings (SSSR count). The van der Waals surface area contributed by atoms with Crippen LogP contribution in [0.1, 0.15) is 0 Å². The number of alkyl halides is 3. The lowest BCUT2D eigenvalue weighted by molar-refractivity contribution is -0.150. The molecule has 0 N–H and O–H groups in total. The van der Waals surface area contributed by atoms with Gasteiger partial charge in [-0.25, -0.2) is 0 Å². The van der Waals surface area contributed by atoms with Crippen LogP contribution in [0.3, 0.4) is 0 Å². The summed E-state index contributed by atoms with van der Waals surface area (Å²) in [7, 11) is 0. The van der Waals surface area contributed by atoms with E-state index in [1.807, 2.05) is 0 Å². The van der Waals surface area contributed by atoms with Crippen molar-refractivity contribution in [1.82, 2.24) is 0 Å². The Morgan fingerprint density at radius 3 is 2.27 bits per heavy atom. The van der Waals surface area contributed by atoms with E-state index in [1.165, 1.54) is 12.2 Å². The average Bonchev–Trinajstić information content (AvgIpc) is 1.86. The Bertz CT molecular complexity index is 220. The third-order valence-electron chi connectivity index (χ3n) is 1.48. The van der Waals surface area contributed by atoms with Crippen molar-refractivity contribution in [2.45, 2.75) is 6.18 Å². The second-order valence-electron chi connectivity index (χ2n) is 2.34. The van der Waals surface area contributed by atoms with E-state index >= 15 is 0 Å². The van der Waals surface area contributed by atoms with Gasteiger partial charge in [-0.3, -0.25) is 0 Å². The van der Waals surface area contributed by atoms with Crippen LogP contribution in [0.25, 0.3) is 0 Å². The van der Waals surface area contributed by atoms with Crippen molar-refractivity contribution >= 4 is 0 Å². The molecule has 0 amide bonds. The van der Waals surface area contributed by atoms with E-state index in [2.05, 4.69) is 6.58 Å². The Balaban J connectivity index is 2.82. The van der Waals surface area contributed by atoms with Gasteiger partial charge in [0.15, 0.2) is 0 Å². The second-order valence-corrected chi connectivity index (χ2v) is 2.34. The van der Waals surface area contributed by atoms with Gasteiger partial charge in [-0.15, -0.1) is 0 Å². The van der Waals surface area contributed by atoms with Crippen molar-refractivity contribution in [3.05, 3.63) is 36.5 Å². The van der Waals surface area contributed by atoms with E-state index in [0.29, 0.717) is 0 Å². The number of rotatable bonds is 0. The van der Waals surface area contributed by atoms with Crippen molar-refractivity contribution in [1.29, 1.82) is 0 Å². The Hall–Kier alpha value is -0.990. The summed E-state index contributed by atoms with van der Waals surface area (Å²) in [6.45, 7) is 3.30. The highest BCUT2D eigenvalue weighted by Crippen LogP contribution is 2.34. The molecule has 0 aromatic carbocycles. The normalized spacial score (nSPS) is 24.3. The predicted molar refractivity (Wildman–Crippen MR) is 37.0 cm³/mol. The molecule has 0 saturated heterocycles. The minimum atomic E-state index is -4.20. The molecule has 1 atom stereocenters. The number of allylic oxidation sites excluding steroid dienone is 5. The van der Waals surface area contributed by atoms with Gasteiger partial charge in [-0.05, 0) is 5.57 Å². The Labute approximate surface area is 62.7 Å². The molecular weight excluding hydrogens is 153 g/mol. The molecule has 1 unspecified atom stereocenters. The van der Waals surface area contributed by atoms with Crippen LogP contribution in [0.15, 0.2) is 36.5 Å². The quantitative estimate of drug-likeness (QED) is 0.511. The topological polar surface area (TPSA) is 0 Å². The molecule has 0 bridgehead atoms. The molecular formula is C8H7F3. The van der Waals surface area contributed by atoms with Gasteiger partial charge in [0.1, 0.15) is 0 Å². The molecule has 11 heavy (non-hydrogen) atoms. The van der Waals surface area contributed by atoms with Gasteiger partial charge in [-0.1, -0.05) is 30.9 Å². The van der Waals surface area contributed by atoms with Crippen LogP contribution in [0, 0.1) is 5.92 Å². The summed E-state index contributed by atoms with van der Waals surface area (Å²) < 4.78 is 36.1. The van der Waals surface area contributed by atoms with Gasteiger partial charge in [0.2, 0.25) is 0 Å². The maximum absolute atomic E-state index is 12.0. The molecule has 0 aromatic rings. The van der Waals surface area contributed by atoms with E-state index in [-0.39, 0.29) is 5.57 Å². The molecule has 0 aliphatic heterocycles. The Morgan fingerprint density at radius 2 is 1.91 bits per heavy atom. The van der Waals surface area contributed by atoms with Crippen molar-refractivity contribution in [3.63, 3.8) is 0 Å². The zero-order valence-corrected chi connectivity index (χ0v) is 5.73. The number of hydrogen-bond acceptors (Lipinski definition) is 0. The molecule has 0 fully saturated rings. The van der Waals surface area contributed by atoms with Crippen LogP contribution < -0.4 is 0 Å². The highest BCUT2D eigenvalue weighted by atomic mass is 19.4. The molecule has 0 aromatic heterocycles. The lowest BCUT2D eigenvalue weighted by Gasteiger charge is -2.18. The SMILES string of the molecule is C=C1C=CC=CC1C(F)(F)F. The third-order valence-corrected chi connectivity index (χ3v) is 1.48. The van der Waals surface area contributed by atoms with Gasteiger partial charge >= 0.3 is 6.18 Å². The first-order valence-electron chi connectivity index (χ1n) is 3.12. The first-order valence-corrected chi connectivity index (χ1v) is 3.12. The van der Waals surface area contributed by atoms with E-state index in [4.69, 9.17) is 0 Å². The summed E-state index contributed by atoms with van der Waals surface area (Å²) in [6, 6.07) is 0. The summed E-state index contributed by atoms with van der Waals surface area (Å²) in [5.74, 6) is -1.49. The zero-order chi connectivity index (χ0) is 8.48. The van der Waals surface area contributed by atoms with Crippen molar-refractivity contribution in [3.8, 4) is 0 Å². The second kappa shape index (κ2) is 2.57. The van der Waals surface area contributed by atoms with Crippen molar-refractivity contribution < 1.29 is 13.2 Å². The average molecular weight is 160 g/mol. The standard InChI is InChI=1S/C8H7F3/c1-6-4-2-3-5-7(6)8(9,10)11/h2-5,7H,1H2. The van der Waals surface area contributed by atoms with Crippen LogP contribution in [-0.2, 0) is 0 Å². The highest BCUT2D eigenvalue weighted by molar-refractivity contribution is 5.31. The molecule has 0 nitrogen and oxygen atoms in total. The third kappa shape index (κ3) is 1.73. The molecule has 0 heterocycles. The van der Waals surface area contributed by atoms with Gasteiger partial charge in [-0.2, -0.15) is 13.2 Å². The van der Waals surface area contributed by atoms with Gasteiger partial charge in [0, 0.05) is 0 Å². The lowest BCUT2D eigenvalue weighted by atomic mass is 9.96. The fourth-order valence-electron chi connectivity index (χ4n) is 0.901. The van der Waals surface area contributed by atoms with Crippen molar-refractivity contribution in [2.24, 2.45) is 5.92 Å². The molecule has 0 radical (unpaired) electrons. The maximum atomic E-state index is 12.0. The van der Waals surface area contributed by atoms with Crippen molar-refractivity contribution in [2.75, 3.05) is 0 Å². The molecule has 1 aliphatic carbocycles. The fourth-order valence-corrected chi connectivity index (χ4v) is 0.901. The fraction of sp³-hybridized carbons (Fsp3) is 0.250. The van der Waals surface area contributed by atoms with E-state index in [9.17, 15) is 13.2 Å². The van der Waals surface area contributed by atoms with E-state index < -0.39 is 12.1 Å². The molecule has 1 aliphatic rings. The lowest BCUT2D eigenvalue weighted by Crippen LogP contribution is -2.22. The van der Waals surface area contributed by atoms with E-state index in [1.54, 1.807) is 6.08 Å². The van der Waals surface area contributed by atoms with Gasteiger partial charge < -0.3 is 0 Å². The first-order chi connectivity index (χ1) is 5.02. The maximum Gasteiger partial charge on any atom is 0.399 e. The molecule has 0 spiro atoms. The summed E-state index contributed by atoms with van der Waals surface area (Å²) in [5.41, 5.74) is 0.0972. The van der Waals surface area contributed by atoms with Crippen LogP contribution in [0.2, 0.25) is 0 Å². The smallest absolute Gasteiger partial charge is 0.170 e. The number of halogens is 3. The molecule has 3 heteroatoms. The summed E-state index contributed by atoms with van der Waals surface area (Å²) in [4.78, 5) is 0. The molecule has 0 saturated carbocycles. The Kier molecular flexibility index (Phi) is 1.89. The van der Waals surface area contributed by atoms with Gasteiger partial charge in [0.05, 0.1) is 5.92 Å². The van der Waals surface area contributed by atoms with Crippen LogP contribution >= 0.6 is 0 Å². The minimum Gasteiger partial charge on any atom is -0.170 e. The zero-order valence-electron chi connectivity index (χ0n) is 5.73. The highest BCUT2D eigenvalue weighted by Gasteiger charge is 2.39. The monoisotopic (exact) mass is 160 g/mol. The van der Waals surface area contributed by atoms with Crippen LogP contribution in [0.5, 0.6) is 0 Å². The van der Waals surface area contributed by atoms with Crippen LogP contribution in [0.4, 0.5) is 13.2 Å². The predicted octanol–water partition coefficient (Wildman–Crippen LogP) is 2.85. The first kappa shape index (κ1) is 8.11. The van der Waals surface area contributed by atoms with E-state index in [0.717, 1.165) is 6.08 Å². The number of hydrogen-bond donors (Lipinski definition) is 0. The summed E-state index contributed by atoms with van der Waals surface area (Å²) in [6.07, 6.45) is 1.20. The summed E-state index contributed by atoms with van der Waals surface area (Å²) >= 11 is 0.